The van der Waals surface area contributed by atoms with E-state index in [9.17, 15) is 4.79 Å². The fourth-order valence-electron chi connectivity index (χ4n) is 2.69. The van der Waals surface area contributed by atoms with E-state index < -0.39 is 0 Å². The van der Waals surface area contributed by atoms with Crippen molar-refractivity contribution in [1.29, 1.82) is 0 Å². The standard InChI is InChI=1S/C14H27NO2/c1-4-5-9-13(14(16)17-3)15-12-8-6-7-11(2)10-12/h11-13,15H,4-10H2,1-3H3. The number of nitrogens with one attached hydrogen (secondary N) is 1. The molecule has 0 bridgehead atoms. The molecular formula is C14H27NO2. The summed E-state index contributed by atoms with van der Waals surface area (Å²) >= 11 is 0. The number of ether oxygens (including phenoxy) is 1. The zero-order valence-corrected chi connectivity index (χ0v) is 11.5. The first-order valence-corrected chi connectivity index (χ1v) is 7.01. The van der Waals surface area contributed by atoms with Gasteiger partial charge in [-0.1, -0.05) is 39.5 Å². The predicted octanol–water partition coefficient (Wildman–Crippen LogP) is 2.89. The highest BCUT2D eigenvalue weighted by Crippen LogP contribution is 2.24. The maximum atomic E-state index is 11.7. The number of methoxy groups -OCH3 is 1. The molecule has 0 aliphatic heterocycles. The molecule has 0 saturated heterocycles. The first kappa shape index (κ1) is 14.5. The van der Waals surface area contributed by atoms with Gasteiger partial charge in [-0.05, 0) is 25.2 Å². The Morgan fingerprint density at radius 3 is 2.82 bits per heavy atom. The van der Waals surface area contributed by atoms with Crippen molar-refractivity contribution in [2.45, 2.75) is 70.9 Å². The minimum atomic E-state index is -0.102. The van der Waals surface area contributed by atoms with Crippen molar-refractivity contribution in [3.8, 4) is 0 Å². The molecule has 0 radical (unpaired) electrons. The van der Waals surface area contributed by atoms with Crippen molar-refractivity contribution in [3.63, 3.8) is 0 Å². The first-order valence-electron chi connectivity index (χ1n) is 7.01. The maximum Gasteiger partial charge on any atom is 0.322 e. The molecule has 0 spiro atoms. The average Bonchev–Trinajstić information content (AvgIpc) is 2.33. The third kappa shape index (κ3) is 5.07. The van der Waals surface area contributed by atoms with Gasteiger partial charge in [-0.3, -0.25) is 4.79 Å². The Kier molecular flexibility index (Phi) is 6.56. The van der Waals surface area contributed by atoms with Crippen LogP contribution in [0.1, 0.15) is 58.8 Å². The minimum absolute atomic E-state index is 0.100. The summed E-state index contributed by atoms with van der Waals surface area (Å²) in [6.45, 7) is 4.45. The second-order valence-corrected chi connectivity index (χ2v) is 5.35. The molecule has 1 aliphatic carbocycles. The number of hydrogen-bond acceptors (Lipinski definition) is 3. The lowest BCUT2D eigenvalue weighted by Gasteiger charge is -2.30. The highest BCUT2D eigenvalue weighted by Gasteiger charge is 2.25. The van der Waals surface area contributed by atoms with Gasteiger partial charge in [0.2, 0.25) is 0 Å². The lowest BCUT2D eigenvalue weighted by Crippen LogP contribution is -2.45. The molecule has 100 valence electrons. The third-order valence-electron chi connectivity index (χ3n) is 3.71. The Hall–Kier alpha value is -0.570. The van der Waals surface area contributed by atoms with Gasteiger partial charge >= 0.3 is 5.97 Å². The minimum Gasteiger partial charge on any atom is -0.468 e. The summed E-state index contributed by atoms with van der Waals surface area (Å²) in [5.74, 6) is 0.683. The van der Waals surface area contributed by atoms with Gasteiger partial charge < -0.3 is 10.1 Å². The van der Waals surface area contributed by atoms with Crippen LogP contribution in [0.5, 0.6) is 0 Å². The predicted molar refractivity (Wildman–Crippen MR) is 69.9 cm³/mol. The van der Waals surface area contributed by atoms with Crippen LogP contribution in [-0.2, 0) is 9.53 Å². The average molecular weight is 241 g/mol. The van der Waals surface area contributed by atoms with Crippen LogP contribution < -0.4 is 5.32 Å². The summed E-state index contributed by atoms with van der Waals surface area (Å²) in [6, 6.07) is 0.398. The lowest BCUT2D eigenvalue weighted by molar-refractivity contribution is -0.143. The van der Waals surface area contributed by atoms with Crippen LogP contribution in [0.15, 0.2) is 0 Å². The van der Waals surface area contributed by atoms with Gasteiger partial charge in [0, 0.05) is 6.04 Å². The Morgan fingerprint density at radius 1 is 1.47 bits per heavy atom. The summed E-state index contributed by atoms with van der Waals surface area (Å²) < 4.78 is 4.88. The van der Waals surface area contributed by atoms with Gasteiger partial charge in [-0.15, -0.1) is 0 Å². The number of hydrogen-bond donors (Lipinski definition) is 1. The van der Waals surface area contributed by atoms with Gasteiger partial charge in [0.25, 0.3) is 0 Å². The topological polar surface area (TPSA) is 38.3 Å². The van der Waals surface area contributed by atoms with Gasteiger partial charge in [0.15, 0.2) is 0 Å². The van der Waals surface area contributed by atoms with E-state index in [1.807, 2.05) is 0 Å². The number of unbranched alkanes of at least 4 members (excludes halogenated alkanes) is 1. The van der Waals surface area contributed by atoms with Gasteiger partial charge in [0.1, 0.15) is 6.04 Å². The van der Waals surface area contributed by atoms with E-state index in [1.54, 1.807) is 0 Å². The summed E-state index contributed by atoms with van der Waals surface area (Å²) in [5, 5.41) is 3.50. The van der Waals surface area contributed by atoms with E-state index in [1.165, 1.54) is 32.8 Å². The monoisotopic (exact) mass is 241 g/mol. The molecular weight excluding hydrogens is 214 g/mol. The number of esters is 1. The summed E-state index contributed by atoms with van der Waals surface area (Å²) in [6.07, 6.45) is 8.10. The molecule has 0 aromatic heterocycles. The summed E-state index contributed by atoms with van der Waals surface area (Å²) in [5.41, 5.74) is 0. The molecule has 1 fully saturated rings. The van der Waals surface area contributed by atoms with E-state index in [0.717, 1.165) is 25.2 Å². The normalized spacial score (nSPS) is 26.5. The Morgan fingerprint density at radius 2 is 2.24 bits per heavy atom. The quantitative estimate of drug-likeness (QED) is 0.727. The van der Waals surface area contributed by atoms with Crippen molar-refractivity contribution in [3.05, 3.63) is 0 Å². The fraction of sp³-hybridized carbons (Fsp3) is 0.929. The van der Waals surface area contributed by atoms with E-state index in [0.29, 0.717) is 6.04 Å². The van der Waals surface area contributed by atoms with Crippen molar-refractivity contribution in [2.24, 2.45) is 5.92 Å². The molecule has 1 N–H and O–H groups in total. The second-order valence-electron chi connectivity index (χ2n) is 5.35. The van der Waals surface area contributed by atoms with Crippen LogP contribution >= 0.6 is 0 Å². The molecule has 0 amide bonds. The Balaban J connectivity index is 2.43. The molecule has 3 heteroatoms. The van der Waals surface area contributed by atoms with Crippen LogP contribution in [0.3, 0.4) is 0 Å². The molecule has 0 heterocycles. The summed E-state index contributed by atoms with van der Waals surface area (Å²) in [4.78, 5) is 11.7. The van der Waals surface area contributed by atoms with Crippen molar-refractivity contribution in [1.82, 2.24) is 5.32 Å². The van der Waals surface area contributed by atoms with Gasteiger partial charge in [0.05, 0.1) is 7.11 Å². The molecule has 1 rings (SSSR count). The molecule has 1 saturated carbocycles. The largest absolute Gasteiger partial charge is 0.468 e. The Labute approximate surface area is 105 Å². The van der Waals surface area contributed by atoms with E-state index in [2.05, 4.69) is 19.2 Å². The zero-order chi connectivity index (χ0) is 12.7. The molecule has 0 aromatic rings. The van der Waals surface area contributed by atoms with Crippen LogP contribution in [0, 0.1) is 5.92 Å². The second kappa shape index (κ2) is 7.70. The van der Waals surface area contributed by atoms with Crippen LogP contribution in [0.4, 0.5) is 0 Å². The number of carbonyl (C=O) groups is 1. The molecule has 3 nitrogen and oxygen atoms in total. The lowest BCUT2D eigenvalue weighted by atomic mass is 9.86. The highest BCUT2D eigenvalue weighted by molar-refractivity contribution is 5.75. The zero-order valence-electron chi connectivity index (χ0n) is 11.5. The number of rotatable bonds is 6. The van der Waals surface area contributed by atoms with E-state index >= 15 is 0 Å². The maximum absolute atomic E-state index is 11.7. The Bertz CT molecular complexity index is 230. The molecule has 17 heavy (non-hydrogen) atoms. The summed E-state index contributed by atoms with van der Waals surface area (Å²) in [7, 11) is 1.48. The highest BCUT2D eigenvalue weighted by atomic mass is 16.5. The molecule has 3 unspecified atom stereocenters. The number of carbonyl (C=O) groups excluding carboxylic acids is 1. The van der Waals surface area contributed by atoms with E-state index in [4.69, 9.17) is 4.74 Å². The van der Waals surface area contributed by atoms with Gasteiger partial charge in [-0.2, -0.15) is 0 Å². The van der Waals surface area contributed by atoms with Gasteiger partial charge in [-0.25, -0.2) is 0 Å². The van der Waals surface area contributed by atoms with Crippen molar-refractivity contribution in [2.75, 3.05) is 7.11 Å². The van der Waals surface area contributed by atoms with E-state index in [-0.39, 0.29) is 12.0 Å². The molecule has 1 aliphatic rings. The molecule has 0 aromatic carbocycles. The smallest absolute Gasteiger partial charge is 0.322 e. The SMILES string of the molecule is CCCCC(NC1CCCC(C)C1)C(=O)OC. The van der Waals surface area contributed by atoms with Crippen LogP contribution in [0.2, 0.25) is 0 Å². The third-order valence-corrected chi connectivity index (χ3v) is 3.71. The van der Waals surface area contributed by atoms with Crippen molar-refractivity contribution >= 4 is 5.97 Å². The van der Waals surface area contributed by atoms with Crippen LogP contribution in [0.25, 0.3) is 0 Å². The fourth-order valence-corrected chi connectivity index (χ4v) is 2.69. The molecule has 3 atom stereocenters. The van der Waals surface area contributed by atoms with Crippen LogP contribution in [-0.4, -0.2) is 25.2 Å². The van der Waals surface area contributed by atoms with Crippen molar-refractivity contribution < 1.29 is 9.53 Å². The first-order chi connectivity index (χ1) is 8.17.